The minimum Gasteiger partial charge on any atom is -0.416 e. The van der Waals surface area contributed by atoms with E-state index in [9.17, 15) is 0 Å². The summed E-state index contributed by atoms with van der Waals surface area (Å²) in [6, 6.07) is 4.25. The van der Waals surface area contributed by atoms with Crippen molar-refractivity contribution >= 4 is 16.6 Å². The van der Waals surface area contributed by atoms with Gasteiger partial charge in [-0.3, -0.25) is 0 Å². The first kappa shape index (κ1) is 18.4. The molecule has 0 aromatic rings. The van der Waals surface area contributed by atoms with Crippen LogP contribution in [0.2, 0.25) is 31.2 Å². The van der Waals surface area contributed by atoms with Crippen molar-refractivity contribution < 1.29 is 4.43 Å². The molecule has 0 amide bonds. The first-order valence-electron chi connectivity index (χ1n) is 8.54. The van der Waals surface area contributed by atoms with Gasteiger partial charge in [0.2, 0.25) is 0 Å². The molecule has 0 aromatic heterocycles. The molecule has 0 saturated carbocycles. The maximum absolute atomic E-state index is 5.98. The molecule has 1 saturated heterocycles. The zero-order valence-corrected chi connectivity index (χ0v) is 16.7. The van der Waals surface area contributed by atoms with Crippen molar-refractivity contribution in [3.05, 3.63) is 0 Å². The van der Waals surface area contributed by atoms with Crippen LogP contribution in [0.15, 0.2) is 0 Å². The summed E-state index contributed by atoms with van der Waals surface area (Å²) in [6.45, 7) is 20.0. The van der Waals surface area contributed by atoms with Crippen LogP contribution in [0.4, 0.5) is 0 Å². The Morgan fingerprint density at radius 2 is 1.35 bits per heavy atom. The molecule has 0 bridgehead atoms. The third kappa shape index (κ3) is 4.66. The Morgan fingerprint density at radius 1 is 0.850 bits per heavy atom. The van der Waals surface area contributed by atoms with Gasteiger partial charge in [0.25, 0.3) is 0 Å². The summed E-state index contributed by atoms with van der Waals surface area (Å²) >= 11 is 0. The van der Waals surface area contributed by atoms with E-state index in [1.54, 1.807) is 0 Å². The summed E-state index contributed by atoms with van der Waals surface area (Å²) in [6.07, 6.45) is 1.20. The lowest BCUT2D eigenvalue weighted by atomic mass is 10.4. The van der Waals surface area contributed by atoms with E-state index in [-0.39, 0.29) is 0 Å². The van der Waals surface area contributed by atoms with E-state index in [0.717, 1.165) is 6.61 Å². The molecule has 1 heterocycles. The van der Waals surface area contributed by atoms with Gasteiger partial charge in [0.1, 0.15) is 8.24 Å². The normalized spacial score (nSPS) is 19.5. The Bertz CT molecular complexity index is 267. The second-order valence-electron chi connectivity index (χ2n) is 6.74. The van der Waals surface area contributed by atoms with Crippen molar-refractivity contribution in [2.24, 2.45) is 0 Å². The van der Waals surface area contributed by atoms with E-state index in [1.807, 2.05) is 0 Å². The number of piperazine rings is 1. The van der Waals surface area contributed by atoms with Crippen molar-refractivity contribution in [3.63, 3.8) is 0 Å². The van der Waals surface area contributed by atoms with Crippen LogP contribution in [0.5, 0.6) is 0 Å². The molecule has 1 rings (SSSR count). The van der Waals surface area contributed by atoms with E-state index >= 15 is 0 Å². The minimum absolute atomic E-state index is 0.872. The molecule has 120 valence electrons. The van der Waals surface area contributed by atoms with Crippen LogP contribution in [0, 0.1) is 0 Å². The lowest BCUT2D eigenvalue weighted by Gasteiger charge is -2.46. The number of hydrogen-bond acceptors (Lipinski definition) is 3. The summed E-state index contributed by atoms with van der Waals surface area (Å²) in [5.41, 5.74) is 0. The maximum Gasteiger partial charge on any atom is 0.200 e. The van der Waals surface area contributed by atoms with Crippen molar-refractivity contribution in [2.45, 2.75) is 58.9 Å². The quantitative estimate of drug-likeness (QED) is 0.638. The number of nitrogens with zero attached hydrogens (tertiary/aromatic N) is 2. The Labute approximate surface area is 128 Å². The van der Waals surface area contributed by atoms with Gasteiger partial charge >= 0.3 is 0 Å². The van der Waals surface area contributed by atoms with Crippen molar-refractivity contribution in [3.8, 4) is 0 Å². The van der Waals surface area contributed by atoms with Crippen LogP contribution >= 0.6 is 0 Å². The monoisotopic (exact) mass is 316 g/mol. The SMILES string of the molecule is CCO[Si](C)(C)CN1CCN([Si](CC)(CC)CC)CC1. The molecule has 0 aromatic carbocycles. The highest BCUT2D eigenvalue weighted by Crippen LogP contribution is 2.26. The Hall–Kier alpha value is 0.314. The molecule has 1 aliphatic rings. The fourth-order valence-electron chi connectivity index (χ4n) is 3.78. The van der Waals surface area contributed by atoms with Crippen molar-refractivity contribution in [1.82, 2.24) is 9.47 Å². The molecule has 0 atom stereocenters. The lowest BCUT2D eigenvalue weighted by molar-refractivity contribution is 0.190. The van der Waals surface area contributed by atoms with Gasteiger partial charge in [0.15, 0.2) is 8.32 Å². The molecule has 0 radical (unpaired) electrons. The van der Waals surface area contributed by atoms with Crippen LogP contribution in [0.3, 0.4) is 0 Å². The molecule has 0 spiro atoms. The summed E-state index contributed by atoms with van der Waals surface area (Å²) in [5, 5.41) is 0. The summed E-state index contributed by atoms with van der Waals surface area (Å²) in [5.74, 6) is 0. The standard InChI is InChI=1S/C15H36N2OSi2/c1-7-18-19(5,6)15-16-11-13-17(14-12-16)20(8-2,9-3)10-4/h7-15H2,1-6H3. The molecule has 1 fully saturated rings. The first-order valence-corrected chi connectivity index (χ1v) is 14.2. The molecular weight excluding hydrogens is 280 g/mol. The van der Waals surface area contributed by atoms with E-state index < -0.39 is 16.6 Å². The average Bonchev–Trinajstić information content (AvgIpc) is 2.42. The van der Waals surface area contributed by atoms with Crippen LogP contribution < -0.4 is 0 Å². The first-order chi connectivity index (χ1) is 9.43. The largest absolute Gasteiger partial charge is 0.416 e. The summed E-state index contributed by atoms with van der Waals surface area (Å²) < 4.78 is 8.87. The van der Waals surface area contributed by atoms with E-state index in [2.05, 4.69) is 50.3 Å². The molecule has 3 nitrogen and oxygen atoms in total. The molecule has 0 unspecified atom stereocenters. The molecule has 20 heavy (non-hydrogen) atoms. The highest BCUT2D eigenvalue weighted by molar-refractivity contribution is 6.77. The number of hydrogen-bond donors (Lipinski definition) is 0. The predicted molar refractivity (Wildman–Crippen MR) is 94.3 cm³/mol. The Balaban J connectivity index is 2.51. The summed E-state index contributed by atoms with van der Waals surface area (Å²) in [7, 11) is -2.60. The van der Waals surface area contributed by atoms with Crippen LogP contribution in [-0.4, -0.2) is 65.0 Å². The van der Waals surface area contributed by atoms with Gasteiger partial charge in [-0.05, 0) is 38.2 Å². The minimum atomic E-state index is -1.46. The number of rotatable bonds is 8. The van der Waals surface area contributed by atoms with Crippen LogP contribution in [0.1, 0.15) is 27.7 Å². The van der Waals surface area contributed by atoms with Crippen molar-refractivity contribution in [1.29, 1.82) is 0 Å². The Morgan fingerprint density at radius 3 is 1.75 bits per heavy atom. The van der Waals surface area contributed by atoms with E-state index in [4.69, 9.17) is 4.43 Å². The van der Waals surface area contributed by atoms with E-state index in [1.165, 1.54) is 50.5 Å². The van der Waals surface area contributed by atoms with Crippen LogP contribution in [-0.2, 0) is 4.43 Å². The Kier molecular flexibility index (Phi) is 7.42. The van der Waals surface area contributed by atoms with Gasteiger partial charge in [-0.25, -0.2) is 0 Å². The maximum atomic E-state index is 5.98. The van der Waals surface area contributed by atoms with E-state index in [0.29, 0.717) is 0 Å². The topological polar surface area (TPSA) is 15.7 Å². The van der Waals surface area contributed by atoms with Gasteiger partial charge in [-0.1, -0.05) is 20.8 Å². The van der Waals surface area contributed by atoms with Gasteiger partial charge in [0.05, 0.1) is 0 Å². The third-order valence-electron chi connectivity index (χ3n) is 5.16. The molecular formula is C15H36N2OSi2. The predicted octanol–water partition coefficient (Wildman–Crippen LogP) is 3.39. The zero-order chi connectivity index (χ0) is 15.2. The highest BCUT2D eigenvalue weighted by Gasteiger charge is 2.37. The van der Waals surface area contributed by atoms with Gasteiger partial charge in [-0.15, -0.1) is 0 Å². The third-order valence-corrected chi connectivity index (χ3v) is 13.2. The second kappa shape index (κ2) is 8.08. The average molecular weight is 317 g/mol. The second-order valence-corrected chi connectivity index (χ2v) is 16.1. The highest BCUT2D eigenvalue weighted by atomic mass is 28.4. The van der Waals surface area contributed by atoms with Gasteiger partial charge < -0.3 is 13.9 Å². The molecule has 0 aliphatic carbocycles. The van der Waals surface area contributed by atoms with Crippen molar-refractivity contribution in [2.75, 3.05) is 39.0 Å². The fourth-order valence-corrected chi connectivity index (χ4v) is 10.0. The smallest absolute Gasteiger partial charge is 0.200 e. The zero-order valence-electron chi connectivity index (χ0n) is 14.7. The lowest BCUT2D eigenvalue weighted by Crippen LogP contribution is -2.61. The van der Waals surface area contributed by atoms with Crippen LogP contribution in [0.25, 0.3) is 0 Å². The van der Waals surface area contributed by atoms with Gasteiger partial charge in [-0.2, -0.15) is 0 Å². The molecule has 5 heteroatoms. The molecule has 1 aliphatic heterocycles. The van der Waals surface area contributed by atoms with Gasteiger partial charge in [0, 0.05) is 39.0 Å². The molecule has 0 N–H and O–H groups in total. The fraction of sp³-hybridized carbons (Fsp3) is 1.00. The summed E-state index contributed by atoms with van der Waals surface area (Å²) in [4.78, 5) is 2.65.